The van der Waals surface area contributed by atoms with Crippen LogP contribution in [0.3, 0.4) is 0 Å². The van der Waals surface area contributed by atoms with Crippen LogP contribution in [0, 0.1) is 11.3 Å². The summed E-state index contributed by atoms with van der Waals surface area (Å²) in [5.41, 5.74) is 1.68. The topological polar surface area (TPSA) is 12.0 Å². The largest absolute Gasteiger partial charge is 0.385 e. The van der Waals surface area contributed by atoms with E-state index in [1.54, 1.807) is 0 Å². The third-order valence-corrected chi connectivity index (χ3v) is 2.97. The molecule has 0 fully saturated rings. The van der Waals surface area contributed by atoms with E-state index < -0.39 is 0 Å². The van der Waals surface area contributed by atoms with E-state index in [0.29, 0.717) is 6.04 Å². The van der Waals surface area contributed by atoms with E-state index >= 15 is 0 Å². The monoisotopic (exact) mass is 233 g/mol. The van der Waals surface area contributed by atoms with Crippen molar-refractivity contribution in [1.82, 2.24) is 5.32 Å². The van der Waals surface area contributed by atoms with Gasteiger partial charge in [-0.05, 0) is 35.9 Å². The molecule has 1 heteroatoms. The lowest BCUT2D eigenvalue weighted by Gasteiger charge is -2.26. The van der Waals surface area contributed by atoms with Gasteiger partial charge in [0.1, 0.15) is 0 Å². The van der Waals surface area contributed by atoms with Crippen molar-refractivity contribution in [2.45, 2.75) is 53.5 Å². The Morgan fingerprint density at radius 2 is 2.12 bits per heavy atom. The van der Waals surface area contributed by atoms with Crippen LogP contribution in [-0.4, -0.2) is 6.04 Å². The molecule has 1 N–H and O–H groups in total. The first-order valence-corrected chi connectivity index (χ1v) is 6.69. The summed E-state index contributed by atoms with van der Waals surface area (Å²) in [6, 6.07) is 0.456. The normalized spacial score (nSPS) is 21.1. The molecule has 0 heterocycles. The van der Waals surface area contributed by atoms with Gasteiger partial charge in [-0.2, -0.15) is 0 Å². The van der Waals surface area contributed by atoms with Gasteiger partial charge in [0.2, 0.25) is 0 Å². The summed E-state index contributed by atoms with van der Waals surface area (Å²) in [4.78, 5) is 0. The van der Waals surface area contributed by atoms with Gasteiger partial charge in [0.15, 0.2) is 0 Å². The smallest absolute Gasteiger partial charge is 0.0479 e. The van der Waals surface area contributed by atoms with Crippen molar-refractivity contribution in [1.29, 1.82) is 0 Å². The first kappa shape index (κ1) is 14.1. The summed E-state index contributed by atoms with van der Waals surface area (Å²) in [6.45, 7) is 11.3. The molecule has 17 heavy (non-hydrogen) atoms. The highest BCUT2D eigenvalue weighted by Crippen LogP contribution is 2.29. The molecule has 0 aliphatic heterocycles. The first-order valence-electron chi connectivity index (χ1n) is 6.69. The van der Waals surface area contributed by atoms with Crippen molar-refractivity contribution in [3.8, 4) is 0 Å². The molecule has 1 nitrogen and oxygen atoms in total. The van der Waals surface area contributed by atoms with Crippen LogP contribution in [0.5, 0.6) is 0 Å². The minimum Gasteiger partial charge on any atom is -0.385 e. The standard InChI is InChI=1S/C16H27N/c1-13(2)8-7-11-17-15-10-6-9-14(12-15)16(3,4)5/h6-7,9,11-13,15,17H,8,10H2,1-5H3/b11-7+. The SMILES string of the molecule is CC(C)C/C=C/NC1C=C(C(C)(C)C)C=CC1. The van der Waals surface area contributed by atoms with Crippen molar-refractivity contribution in [3.05, 3.63) is 36.1 Å². The van der Waals surface area contributed by atoms with Gasteiger partial charge >= 0.3 is 0 Å². The van der Waals surface area contributed by atoms with E-state index in [1.165, 1.54) is 5.57 Å². The maximum absolute atomic E-state index is 3.47. The molecule has 0 aromatic heterocycles. The highest BCUT2D eigenvalue weighted by atomic mass is 14.9. The molecular weight excluding hydrogens is 206 g/mol. The van der Waals surface area contributed by atoms with Gasteiger partial charge in [-0.15, -0.1) is 0 Å². The lowest BCUT2D eigenvalue weighted by Crippen LogP contribution is -2.25. The maximum atomic E-state index is 3.47. The minimum absolute atomic E-state index is 0.249. The molecule has 1 aliphatic rings. The second-order valence-corrected chi connectivity index (χ2v) is 6.32. The van der Waals surface area contributed by atoms with E-state index in [1.807, 2.05) is 0 Å². The second-order valence-electron chi connectivity index (χ2n) is 6.32. The molecule has 0 saturated heterocycles. The Kier molecular flexibility index (Phi) is 5.04. The fraction of sp³-hybridized carbons (Fsp3) is 0.625. The lowest BCUT2D eigenvalue weighted by molar-refractivity contribution is 0.505. The van der Waals surface area contributed by atoms with Crippen molar-refractivity contribution in [3.63, 3.8) is 0 Å². The van der Waals surface area contributed by atoms with Gasteiger partial charge in [0, 0.05) is 6.04 Å². The fourth-order valence-corrected chi connectivity index (χ4v) is 1.83. The van der Waals surface area contributed by atoms with Crippen molar-refractivity contribution in [2.75, 3.05) is 0 Å². The van der Waals surface area contributed by atoms with Gasteiger partial charge in [0.05, 0.1) is 0 Å². The van der Waals surface area contributed by atoms with Crippen molar-refractivity contribution in [2.24, 2.45) is 11.3 Å². The number of hydrogen-bond acceptors (Lipinski definition) is 1. The van der Waals surface area contributed by atoms with E-state index in [4.69, 9.17) is 0 Å². The van der Waals surface area contributed by atoms with Crippen LogP contribution in [0.25, 0.3) is 0 Å². The van der Waals surface area contributed by atoms with E-state index in [0.717, 1.165) is 18.8 Å². The predicted molar refractivity (Wildman–Crippen MR) is 76.8 cm³/mol. The molecule has 0 aromatic carbocycles. The molecule has 0 saturated carbocycles. The Hall–Kier alpha value is -0.980. The Balaban J connectivity index is 2.49. The van der Waals surface area contributed by atoms with Crippen LogP contribution in [0.2, 0.25) is 0 Å². The molecule has 0 amide bonds. The van der Waals surface area contributed by atoms with Crippen LogP contribution in [0.1, 0.15) is 47.5 Å². The summed E-state index contributed by atoms with van der Waals surface area (Å²) in [7, 11) is 0. The third-order valence-electron chi connectivity index (χ3n) is 2.97. The molecule has 1 aliphatic carbocycles. The van der Waals surface area contributed by atoms with Gasteiger partial charge in [-0.1, -0.05) is 58.9 Å². The number of hydrogen-bond donors (Lipinski definition) is 1. The summed E-state index contributed by atoms with van der Waals surface area (Å²) in [6.07, 6.45) is 13.5. The summed E-state index contributed by atoms with van der Waals surface area (Å²) >= 11 is 0. The Labute approximate surface area is 107 Å². The molecular formula is C16H27N. The summed E-state index contributed by atoms with van der Waals surface area (Å²) in [5, 5.41) is 3.47. The van der Waals surface area contributed by atoms with Gasteiger partial charge < -0.3 is 5.32 Å². The molecule has 0 bridgehead atoms. The molecule has 0 aromatic rings. The van der Waals surface area contributed by atoms with Crippen molar-refractivity contribution < 1.29 is 0 Å². The molecule has 1 rings (SSSR count). The zero-order valence-corrected chi connectivity index (χ0v) is 12.0. The van der Waals surface area contributed by atoms with Crippen LogP contribution >= 0.6 is 0 Å². The zero-order chi connectivity index (χ0) is 12.9. The highest BCUT2D eigenvalue weighted by molar-refractivity contribution is 5.30. The average Bonchev–Trinajstić information content (AvgIpc) is 2.23. The summed E-state index contributed by atoms with van der Waals surface area (Å²) < 4.78 is 0. The number of allylic oxidation sites excluding steroid dienone is 3. The Morgan fingerprint density at radius 3 is 2.71 bits per heavy atom. The molecule has 1 unspecified atom stereocenters. The summed E-state index contributed by atoms with van der Waals surface area (Å²) in [5.74, 6) is 0.736. The van der Waals surface area contributed by atoms with Crippen LogP contribution < -0.4 is 5.32 Å². The molecule has 0 radical (unpaired) electrons. The van der Waals surface area contributed by atoms with Gasteiger partial charge in [0.25, 0.3) is 0 Å². The molecule has 96 valence electrons. The molecule has 1 atom stereocenters. The van der Waals surface area contributed by atoms with Gasteiger partial charge in [-0.25, -0.2) is 0 Å². The second kappa shape index (κ2) is 6.09. The lowest BCUT2D eigenvalue weighted by atomic mass is 9.82. The van der Waals surface area contributed by atoms with Crippen LogP contribution in [0.15, 0.2) is 36.1 Å². The van der Waals surface area contributed by atoms with E-state index in [2.05, 4.69) is 70.4 Å². The highest BCUT2D eigenvalue weighted by Gasteiger charge is 2.18. The third kappa shape index (κ3) is 5.25. The minimum atomic E-state index is 0.249. The Bertz CT molecular complexity index is 313. The Morgan fingerprint density at radius 1 is 1.41 bits per heavy atom. The van der Waals surface area contributed by atoms with Crippen LogP contribution in [-0.2, 0) is 0 Å². The zero-order valence-electron chi connectivity index (χ0n) is 12.0. The average molecular weight is 233 g/mol. The fourth-order valence-electron chi connectivity index (χ4n) is 1.83. The maximum Gasteiger partial charge on any atom is 0.0479 e. The number of rotatable bonds is 4. The number of nitrogens with one attached hydrogen (secondary N) is 1. The van der Waals surface area contributed by atoms with E-state index in [9.17, 15) is 0 Å². The van der Waals surface area contributed by atoms with Crippen molar-refractivity contribution >= 4 is 0 Å². The van der Waals surface area contributed by atoms with E-state index in [-0.39, 0.29) is 5.41 Å². The van der Waals surface area contributed by atoms with Gasteiger partial charge in [-0.3, -0.25) is 0 Å². The van der Waals surface area contributed by atoms with Crippen LogP contribution in [0.4, 0.5) is 0 Å². The first-order chi connectivity index (χ1) is 7.89. The molecule has 0 spiro atoms. The quantitative estimate of drug-likeness (QED) is 0.757. The predicted octanol–water partition coefficient (Wildman–Crippen LogP) is 4.44.